The van der Waals surface area contributed by atoms with E-state index >= 15 is 0 Å². The summed E-state index contributed by atoms with van der Waals surface area (Å²) in [5, 5.41) is 19.4. The van der Waals surface area contributed by atoms with Crippen molar-refractivity contribution in [1.29, 1.82) is 0 Å². The zero-order chi connectivity index (χ0) is 20.4. The largest absolute Gasteiger partial charge is 0.497 e. The molecule has 1 rings (SSSR count). The van der Waals surface area contributed by atoms with E-state index in [4.69, 9.17) is 9.47 Å². The number of carbonyl (C=O) groups is 1. The first kappa shape index (κ1) is 22.6. The third kappa shape index (κ3) is 8.63. The molecule has 0 saturated heterocycles. The van der Waals surface area contributed by atoms with Crippen molar-refractivity contribution in [1.82, 2.24) is 16.0 Å². The molecular weight excluding hydrogens is 348 g/mol. The Balaban J connectivity index is 2.73. The highest BCUT2D eigenvalue weighted by atomic mass is 16.5. The highest BCUT2D eigenvalue weighted by Gasteiger charge is 2.14. The minimum Gasteiger partial charge on any atom is -0.497 e. The van der Waals surface area contributed by atoms with E-state index in [0.29, 0.717) is 29.6 Å². The Hall–Kier alpha value is -2.48. The first-order valence-corrected chi connectivity index (χ1v) is 8.92. The number of hydrogen-bond acceptors (Lipinski definition) is 5. The van der Waals surface area contributed by atoms with Crippen LogP contribution in [0, 0.1) is 0 Å². The van der Waals surface area contributed by atoms with Crippen molar-refractivity contribution in [3.8, 4) is 11.5 Å². The number of methoxy groups -OCH3 is 2. The second kappa shape index (κ2) is 10.6. The molecule has 4 N–H and O–H groups in total. The van der Waals surface area contributed by atoms with Crippen molar-refractivity contribution < 1.29 is 19.4 Å². The van der Waals surface area contributed by atoms with Gasteiger partial charge in [-0.2, -0.15) is 0 Å². The van der Waals surface area contributed by atoms with E-state index in [0.717, 1.165) is 0 Å². The molecule has 0 aromatic heterocycles. The van der Waals surface area contributed by atoms with Gasteiger partial charge in [0.05, 0.1) is 20.3 Å². The van der Waals surface area contributed by atoms with Crippen molar-refractivity contribution in [2.45, 2.75) is 39.3 Å². The fourth-order valence-electron chi connectivity index (χ4n) is 2.28. The van der Waals surface area contributed by atoms with E-state index in [1.54, 1.807) is 32.4 Å². The summed E-state index contributed by atoms with van der Waals surface area (Å²) in [6.45, 7) is 8.51. The summed E-state index contributed by atoms with van der Waals surface area (Å²) in [4.78, 5) is 16.2. The Labute approximate surface area is 161 Å². The molecule has 0 bridgehead atoms. The van der Waals surface area contributed by atoms with Crippen LogP contribution in [0.4, 0.5) is 0 Å². The van der Waals surface area contributed by atoms with Crippen LogP contribution in [0.25, 0.3) is 0 Å². The number of aliphatic hydroxyl groups excluding tert-OH is 1. The Morgan fingerprint density at radius 1 is 1.15 bits per heavy atom. The van der Waals surface area contributed by atoms with E-state index in [1.165, 1.54) is 0 Å². The van der Waals surface area contributed by atoms with Gasteiger partial charge in [-0.05, 0) is 45.4 Å². The topological polar surface area (TPSA) is 104 Å². The summed E-state index contributed by atoms with van der Waals surface area (Å²) in [6, 6.07) is 5.23. The molecule has 152 valence electrons. The number of guanidine groups is 1. The Bertz CT molecular complexity index is 619. The van der Waals surface area contributed by atoms with Crippen LogP contribution in [0.1, 0.15) is 39.4 Å². The first-order valence-electron chi connectivity index (χ1n) is 8.92. The lowest BCUT2D eigenvalue weighted by Gasteiger charge is -2.20. The van der Waals surface area contributed by atoms with Crippen LogP contribution < -0.4 is 25.4 Å². The average Bonchev–Trinajstić information content (AvgIpc) is 2.61. The first-order chi connectivity index (χ1) is 12.7. The summed E-state index contributed by atoms with van der Waals surface area (Å²) in [5.41, 5.74) is 0.347. The third-order valence-electron chi connectivity index (χ3n) is 3.46. The van der Waals surface area contributed by atoms with Gasteiger partial charge in [-0.3, -0.25) is 4.79 Å². The van der Waals surface area contributed by atoms with Gasteiger partial charge in [0, 0.05) is 24.7 Å². The number of rotatable bonds is 8. The third-order valence-corrected chi connectivity index (χ3v) is 3.46. The Morgan fingerprint density at radius 3 is 2.22 bits per heavy atom. The quantitative estimate of drug-likeness (QED) is 0.399. The van der Waals surface area contributed by atoms with Gasteiger partial charge < -0.3 is 30.5 Å². The molecule has 0 saturated carbocycles. The maximum Gasteiger partial charge on any atom is 0.242 e. The van der Waals surface area contributed by atoms with E-state index in [2.05, 4.69) is 20.9 Å². The molecular formula is C19H32N4O4. The Morgan fingerprint density at radius 2 is 1.74 bits per heavy atom. The fraction of sp³-hybridized carbons (Fsp3) is 0.579. The number of aliphatic imine (C=N–C) groups is 1. The molecule has 0 radical (unpaired) electrons. The summed E-state index contributed by atoms with van der Waals surface area (Å²) in [5.74, 6) is 1.49. The predicted molar refractivity (Wildman–Crippen MR) is 106 cm³/mol. The molecule has 27 heavy (non-hydrogen) atoms. The number of benzene rings is 1. The van der Waals surface area contributed by atoms with Crippen LogP contribution in [0.15, 0.2) is 23.2 Å². The molecule has 0 aliphatic rings. The fourth-order valence-corrected chi connectivity index (χ4v) is 2.28. The molecule has 1 atom stereocenters. The Kier molecular flexibility index (Phi) is 8.87. The molecule has 0 heterocycles. The molecule has 0 spiro atoms. The van der Waals surface area contributed by atoms with Gasteiger partial charge in [0.1, 0.15) is 18.0 Å². The van der Waals surface area contributed by atoms with Crippen LogP contribution in [0.5, 0.6) is 11.5 Å². The maximum absolute atomic E-state index is 11.9. The van der Waals surface area contributed by atoms with Crippen LogP contribution in [-0.4, -0.2) is 56.4 Å². The highest BCUT2D eigenvalue weighted by Crippen LogP contribution is 2.26. The normalized spacial score (nSPS) is 12.9. The summed E-state index contributed by atoms with van der Waals surface area (Å²) >= 11 is 0. The summed E-state index contributed by atoms with van der Waals surface area (Å²) < 4.78 is 10.4. The van der Waals surface area contributed by atoms with Gasteiger partial charge in [0.25, 0.3) is 0 Å². The number of nitrogens with one attached hydrogen (secondary N) is 3. The zero-order valence-electron chi connectivity index (χ0n) is 17.0. The van der Waals surface area contributed by atoms with Crippen LogP contribution >= 0.6 is 0 Å². The summed E-state index contributed by atoms with van der Waals surface area (Å²) in [6.07, 6.45) is -0.804. The number of aliphatic hydroxyl groups is 1. The standard InChI is InChI=1S/C19H32N4O4/c1-7-20-18(22-12-17(25)23-19(2,3)4)21-11-16(24)13-8-14(26-5)10-15(9-13)27-6/h8-10,16,24H,7,11-12H2,1-6H3,(H,23,25)(H2,20,21,22). The zero-order valence-corrected chi connectivity index (χ0v) is 17.0. The van der Waals surface area contributed by atoms with Crippen molar-refractivity contribution in [3.63, 3.8) is 0 Å². The SMILES string of the molecule is CCNC(=NCC(=O)NC(C)(C)C)NCC(O)c1cc(OC)cc(OC)c1. The second-order valence-electron chi connectivity index (χ2n) is 7.04. The molecule has 1 amide bonds. The molecule has 8 heteroatoms. The van der Waals surface area contributed by atoms with Crippen molar-refractivity contribution in [2.75, 3.05) is 33.9 Å². The number of hydrogen-bond donors (Lipinski definition) is 4. The maximum atomic E-state index is 11.9. The van der Waals surface area contributed by atoms with E-state index < -0.39 is 6.10 Å². The molecule has 8 nitrogen and oxygen atoms in total. The lowest BCUT2D eigenvalue weighted by molar-refractivity contribution is -0.121. The molecule has 1 unspecified atom stereocenters. The van der Waals surface area contributed by atoms with Crippen LogP contribution in [-0.2, 0) is 4.79 Å². The van der Waals surface area contributed by atoms with Crippen LogP contribution in [0.2, 0.25) is 0 Å². The highest BCUT2D eigenvalue weighted by molar-refractivity contribution is 5.85. The summed E-state index contributed by atoms with van der Waals surface area (Å²) in [7, 11) is 3.11. The molecule has 1 aromatic carbocycles. The molecule has 0 fully saturated rings. The van der Waals surface area contributed by atoms with Crippen LogP contribution in [0.3, 0.4) is 0 Å². The van der Waals surface area contributed by atoms with Gasteiger partial charge in [-0.25, -0.2) is 4.99 Å². The van der Waals surface area contributed by atoms with Gasteiger partial charge in [-0.1, -0.05) is 0 Å². The number of carbonyl (C=O) groups excluding carboxylic acids is 1. The monoisotopic (exact) mass is 380 g/mol. The smallest absolute Gasteiger partial charge is 0.242 e. The van der Waals surface area contributed by atoms with Gasteiger partial charge >= 0.3 is 0 Å². The lowest BCUT2D eigenvalue weighted by Crippen LogP contribution is -2.43. The minimum atomic E-state index is -0.804. The average molecular weight is 380 g/mol. The van der Waals surface area contributed by atoms with Gasteiger partial charge in [0.15, 0.2) is 5.96 Å². The second-order valence-corrected chi connectivity index (χ2v) is 7.04. The number of ether oxygens (including phenoxy) is 2. The predicted octanol–water partition coefficient (Wildman–Crippen LogP) is 1.21. The number of nitrogens with zero attached hydrogens (tertiary/aromatic N) is 1. The van der Waals surface area contributed by atoms with Gasteiger partial charge in [0.2, 0.25) is 5.91 Å². The molecule has 0 aliphatic carbocycles. The van der Waals surface area contributed by atoms with Crippen molar-refractivity contribution in [3.05, 3.63) is 23.8 Å². The molecule has 0 aliphatic heterocycles. The van der Waals surface area contributed by atoms with Crippen molar-refractivity contribution >= 4 is 11.9 Å². The van der Waals surface area contributed by atoms with E-state index in [9.17, 15) is 9.90 Å². The van der Waals surface area contributed by atoms with E-state index in [1.807, 2.05) is 27.7 Å². The molecule has 1 aromatic rings. The van der Waals surface area contributed by atoms with Crippen molar-refractivity contribution in [2.24, 2.45) is 4.99 Å². The van der Waals surface area contributed by atoms with Gasteiger partial charge in [-0.15, -0.1) is 0 Å². The number of amides is 1. The minimum absolute atomic E-state index is 0.00428. The van der Waals surface area contributed by atoms with E-state index in [-0.39, 0.29) is 24.5 Å². The lowest BCUT2D eigenvalue weighted by atomic mass is 10.1.